The molecule has 2 aromatic carbocycles. The molecule has 0 unspecified atom stereocenters. The smallest absolute Gasteiger partial charge is 0.274 e. The average molecular weight is 476 g/mol. The van der Waals surface area contributed by atoms with E-state index in [2.05, 4.69) is 15.2 Å². The zero-order chi connectivity index (χ0) is 24.5. The Kier molecular flexibility index (Phi) is 6.14. The Labute approximate surface area is 203 Å². The van der Waals surface area contributed by atoms with Crippen LogP contribution in [0.1, 0.15) is 30.1 Å². The molecular weight excluding hydrogens is 446 g/mol. The second kappa shape index (κ2) is 9.40. The number of carbonyl (C=O) groups is 1. The van der Waals surface area contributed by atoms with Gasteiger partial charge in [-0.25, -0.2) is 15.8 Å². The molecule has 2 aliphatic heterocycles. The number of amides is 1. The minimum absolute atomic E-state index is 0.228. The summed E-state index contributed by atoms with van der Waals surface area (Å²) in [7, 11) is 1.84. The van der Waals surface area contributed by atoms with E-state index in [9.17, 15) is 9.90 Å². The number of piperidine rings is 1. The summed E-state index contributed by atoms with van der Waals surface area (Å²) in [6, 6.07) is 13.2. The van der Waals surface area contributed by atoms with Crippen molar-refractivity contribution in [2.45, 2.75) is 25.9 Å². The van der Waals surface area contributed by atoms with Crippen molar-refractivity contribution in [3.05, 3.63) is 54.2 Å². The fraction of sp³-hybridized carbons (Fsp3) is 0.320. The standard InChI is InChI=1S/C25H29N7O3/c1-3-35-22-14-16(31-12-10-17(33)11-13-31)8-9-19(22)28-25-27-15-21-23(29-25)30(2)20-7-5-4-6-18(20)24(34)32(21)26/h4-9,14-15,17,33H,3,10-13,26H2,1-2H3,(H,27,28,29). The van der Waals surface area contributed by atoms with Crippen molar-refractivity contribution in [3.8, 4) is 5.75 Å². The van der Waals surface area contributed by atoms with Gasteiger partial charge in [0.25, 0.3) is 5.91 Å². The van der Waals surface area contributed by atoms with Crippen molar-refractivity contribution in [3.63, 3.8) is 0 Å². The number of hydrogen-bond donors (Lipinski definition) is 3. The number of hydrazine groups is 1. The molecule has 4 N–H and O–H groups in total. The van der Waals surface area contributed by atoms with Crippen LogP contribution in [0.25, 0.3) is 0 Å². The fourth-order valence-corrected chi connectivity index (χ4v) is 4.47. The predicted octanol–water partition coefficient (Wildman–Crippen LogP) is 3.18. The number of anilines is 6. The van der Waals surface area contributed by atoms with Crippen molar-refractivity contribution in [1.29, 1.82) is 0 Å². The highest BCUT2D eigenvalue weighted by molar-refractivity contribution is 6.12. The van der Waals surface area contributed by atoms with Gasteiger partial charge in [0, 0.05) is 31.9 Å². The molecule has 1 saturated heterocycles. The number of aliphatic hydroxyl groups excluding tert-OH is 1. The number of hydrogen-bond acceptors (Lipinski definition) is 9. The average Bonchev–Trinajstić information content (AvgIpc) is 2.95. The molecule has 10 nitrogen and oxygen atoms in total. The lowest BCUT2D eigenvalue weighted by atomic mass is 10.1. The number of benzene rings is 2. The summed E-state index contributed by atoms with van der Waals surface area (Å²) < 4.78 is 5.92. The Morgan fingerprint density at radius 2 is 1.94 bits per heavy atom. The molecule has 0 atom stereocenters. The maximum Gasteiger partial charge on any atom is 0.274 e. The van der Waals surface area contributed by atoms with Crippen LogP contribution in [0.5, 0.6) is 5.75 Å². The number of aromatic nitrogens is 2. The van der Waals surface area contributed by atoms with Gasteiger partial charge in [-0.1, -0.05) is 12.1 Å². The Morgan fingerprint density at radius 1 is 1.17 bits per heavy atom. The number of nitrogens with zero attached hydrogens (tertiary/aromatic N) is 5. The summed E-state index contributed by atoms with van der Waals surface area (Å²) in [6.07, 6.45) is 2.82. The molecule has 35 heavy (non-hydrogen) atoms. The van der Waals surface area contributed by atoms with Gasteiger partial charge in [-0.2, -0.15) is 4.98 Å². The van der Waals surface area contributed by atoms with E-state index in [-0.39, 0.29) is 12.0 Å². The molecule has 5 rings (SSSR count). The van der Waals surface area contributed by atoms with Crippen molar-refractivity contribution in [2.75, 3.05) is 46.9 Å². The molecule has 3 heterocycles. The number of aliphatic hydroxyl groups is 1. The van der Waals surface area contributed by atoms with Gasteiger partial charge in [0.05, 0.1) is 35.8 Å². The van der Waals surface area contributed by atoms with Crippen molar-refractivity contribution in [2.24, 2.45) is 5.84 Å². The lowest BCUT2D eigenvalue weighted by Crippen LogP contribution is -2.37. The van der Waals surface area contributed by atoms with Gasteiger partial charge in [0.2, 0.25) is 5.95 Å². The Hall–Kier alpha value is -3.89. The van der Waals surface area contributed by atoms with Crippen LogP contribution < -0.4 is 30.7 Å². The Balaban J connectivity index is 1.46. The van der Waals surface area contributed by atoms with E-state index in [1.807, 2.05) is 49.2 Å². The van der Waals surface area contributed by atoms with Crippen LogP contribution in [-0.2, 0) is 0 Å². The van der Waals surface area contributed by atoms with E-state index in [0.29, 0.717) is 41.1 Å². The van der Waals surface area contributed by atoms with Gasteiger partial charge in [0.15, 0.2) is 5.82 Å². The first-order valence-corrected chi connectivity index (χ1v) is 11.7. The highest BCUT2D eigenvalue weighted by atomic mass is 16.5. The minimum Gasteiger partial charge on any atom is -0.492 e. The van der Waals surface area contributed by atoms with Gasteiger partial charge in [-0.15, -0.1) is 0 Å². The first-order valence-electron chi connectivity index (χ1n) is 11.7. The number of nitrogens with two attached hydrogens (primary N) is 1. The highest BCUT2D eigenvalue weighted by Gasteiger charge is 2.29. The highest BCUT2D eigenvalue weighted by Crippen LogP contribution is 2.38. The minimum atomic E-state index is -0.324. The van der Waals surface area contributed by atoms with Gasteiger partial charge in [0.1, 0.15) is 11.4 Å². The molecule has 2 aliphatic rings. The summed E-state index contributed by atoms with van der Waals surface area (Å²) in [6.45, 7) is 4.04. The summed E-state index contributed by atoms with van der Waals surface area (Å²) >= 11 is 0. The van der Waals surface area contributed by atoms with Gasteiger partial charge >= 0.3 is 0 Å². The molecule has 182 valence electrons. The molecule has 1 aromatic heterocycles. The van der Waals surface area contributed by atoms with E-state index < -0.39 is 0 Å². The summed E-state index contributed by atoms with van der Waals surface area (Å²) in [5.74, 6) is 7.36. The summed E-state index contributed by atoms with van der Waals surface area (Å²) in [5.41, 5.74) is 3.38. The number of para-hydroxylation sites is 1. The third-order valence-corrected chi connectivity index (χ3v) is 6.38. The molecule has 0 radical (unpaired) electrons. The lowest BCUT2D eigenvalue weighted by Gasteiger charge is -2.32. The molecule has 10 heteroatoms. The lowest BCUT2D eigenvalue weighted by molar-refractivity contribution is 0.0988. The van der Waals surface area contributed by atoms with Crippen LogP contribution >= 0.6 is 0 Å². The predicted molar refractivity (Wildman–Crippen MR) is 136 cm³/mol. The van der Waals surface area contributed by atoms with Gasteiger partial charge in [-0.05, 0) is 44.0 Å². The second-order valence-corrected chi connectivity index (χ2v) is 8.61. The van der Waals surface area contributed by atoms with Crippen molar-refractivity contribution < 1.29 is 14.6 Å². The SMILES string of the molecule is CCOc1cc(N2CCC(O)CC2)ccc1Nc1ncc2c(n1)N(C)c1ccccc1C(=O)N2N. The third kappa shape index (κ3) is 4.33. The molecule has 0 aliphatic carbocycles. The van der Waals surface area contributed by atoms with Crippen LogP contribution in [0.15, 0.2) is 48.7 Å². The number of fused-ring (bicyclic) bond motifs is 2. The molecule has 0 bridgehead atoms. The number of ether oxygens (including phenoxy) is 1. The summed E-state index contributed by atoms with van der Waals surface area (Å²) in [4.78, 5) is 26.1. The Morgan fingerprint density at radius 3 is 2.71 bits per heavy atom. The third-order valence-electron chi connectivity index (χ3n) is 6.38. The summed E-state index contributed by atoms with van der Waals surface area (Å²) in [5, 5.41) is 14.2. The van der Waals surface area contributed by atoms with Crippen LogP contribution in [0.2, 0.25) is 0 Å². The monoisotopic (exact) mass is 475 g/mol. The van der Waals surface area contributed by atoms with Gasteiger partial charge < -0.3 is 25.0 Å². The number of nitrogens with one attached hydrogen (secondary N) is 1. The van der Waals surface area contributed by atoms with Crippen LogP contribution in [0.3, 0.4) is 0 Å². The molecule has 3 aromatic rings. The van der Waals surface area contributed by atoms with Gasteiger partial charge in [-0.3, -0.25) is 4.79 Å². The normalized spacial score (nSPS) is 16.0. The Bertz CT molecular complexity index is 1240. The largest absolute Gasteiger partial charge is 0.492 e. The van der Waals surface area contributed by atoms with Crippen LogP contribution in [-0.4, -0.2) is 53.8 Å². The zero-order valence-corrected chi connectivity index (χ0v) is 19.8. The molecule has 1 fully saturated rings. The number of carbonyl (C=O) groups excluding carboxylic acids is 1. The first-order chi connectivity index (χ1) is 17.0. The second-order valence-electron chi connectivity index (χ2n) is 8.61. The molecular formula is C25H29N7O3. The van der Waals surface area contributed by atoms with E-state index in [0.717, 1.165) is 42.3 Å². The van der Waals surface area contributed by atoms with Crippen molar-refractivity contribution >= 4 is 40.4 Å². The maximum atomic E-state index is 12.9. The van der Waals surface area contributed by atoms with E-state index in [1.165, 1.54) is 0 Å². The number of rotatable bonds is 5. The van der Waals surface area contributed by atoms with E-state index in [4.69, 9.17) is 15.6 Å². The molecule has 1 amide bonds. The van der Waals surface area contributed by atoms with Crippen molar-refractivity contribution in [1.82, 2.24) is 9.97 Å². The maximum absolute atomic E-state index is 12.9. The first kappa shape index (κ1) is 22.9. The fourth-order valence-electron chi connectivity index (χ4n) is 4.47. The quantitative estimate of drug-likeness (QED) is 0.377. The van der Waals surface area contributed by atoms with Crippen LogP contribution in [0, 0.1) is 0 Å². The van der Waals surface area contributed by atoms with E-state index in [1.54, 1.807) is 18.3 Å². The topological polar surface area (TPSA) is 120 Å². The molecule has 0 spiro atoms. The molecule has 0 saturated carbocycles. The zero-order valence-electron chi connectivity index (χ0n) is 19.8. The van der Waals surface area contributed by atoms with Crippen LogP contribution in [0.4, 0.5) is 34.5 Å². The van der Waals surface area contributed by atoms with E-state index >= 15 is 0 Å².